The average molecular weight is 266 g/mol. The highest BCUT2D eigenvalue weighted by Crippen LogP contribution is 2.34. The smallest absolute Gasteiger partial charge is 0.339 e. The molecule has 3 heteroatoms. The molecule has 3 nitrogen and oxygen atoms in total. The molecule has 100 valence electrons. The quantitative estimate of drug-likeness (QED) is 0.682. The Morgan fingerprint density at radius 3 is 2.35 bits per heavy atom. The van der Waals surface area contributed by atoms with Crippen LogP contribution in [-0.2, 0) is 0 Å². The Kier molecular flexibility index (Phi) is 2.83. The highest BCUT2D eigenvalue weighted by Gasteiger charge is 2.15. The number of hydrogen-bond acceptors (Lipinski definition) is 3. The number of aryl methyl sites for hydroxylation is 1. The zero-order chi connectivity index (χ0) is 14.3. The Hall–Kier alpha value is -2.55. The number of rotatable bonds is 1. The molecular formula is C17H14O3. The van der Waals surface area contributed by atoms with Crippen LogP contribution in [0, 0.1) is 13.8 Å². The van der Waals surface area contributed by atoms with E-state index < -0.39 is 0 Å². The first-order valence-electron chi connectivity index (χ1n) is 6.41. The van der Waals surface area contributed by atoms with Crippen LogP contribution in [-0.4, -0.2) is 5.11 Å². The summed E-state index contributed by atoms with van der Waals surface area (Å²) in [5.41, 5.74) is 3.06. The summed E-state index contributed by atoms with van der Waals surface area (Å²) in [4.78, 5) is 12.0. The maximum Gasteiger partial charge on any atom is 0.339 e. The summed E-state index contributed by atoms with van der Waals surface area (Å²) < 4.78 is 5.35. The summed E-state index contributed by atoms with van der Waals surface area (Å²) in [5.74, 6) is 0.128. The molecule has 1 N–H and O–H groups in total. The van der Waals surface area contributed by atoms with Crippen molar-refractivity contribution >= 4 is 11.0 Å². The Morgan fingerprint density at radius 1 is 0.950 bits per heavy atom. The molecule has 3 rings (SSSR count). The van der Waals surface area contributed by atoms with Gasteiger partial charge in [-0.2, -0.15) is 0 Å². The second-order valence-electron chi connectivity index (χ2n) is 4.84. The molecular weight excluding hydrogens is 252 g/mol. The molecule has 0 bridgehead atoms. The predicted molar refractivity (Wildman–Crippen MR) is 79.1 cm³/mol. The highest BCUT2D eigenvalue weighted by molar-refractivity contribution is 5.96. The van der Waals surface area contributed by atoms with Gasteiger partial charge in [0.25, 0.3) is 0 Å². The van der Waals surface area contributed by atoms with Gasteiger partial charge in [-0.3, -0.25) is 0 Å². The first-order valence-corrected chi connectivity index (χ1v) is 6.41. The van der Waals surface area contributed by atoms with Gasteiger partial charge in [0.15, 0.2) is 0 Å². The van der Waals surface area contributed by atoms with Gasteiger partial charge >= 0.3 is 5.63 Å². The monoisotopic (exact) mass is 266 g/mol. The van der Waals surface area contributed by atoms with E-state index in [1.807, 2.05) is 30.3 Å². The number of benzene rings is 2. The van der Waals surface area contributed by atoms with E-state index in [0.717, 1.165) is 16.5 Å². The Bertz CT molecular complexity index is 845. The highest BCUT2D eigenvalue weighted by atomic mass is 16.4. The van der Waals surface area contributed by atoms with Gasteiger partial charge in [0.2, 0.25) is 0 Å². The van der Waals surface area contributed by atoms with E-state index in [9.17, 15) is 9.90 Å². The largest absolute Gasteiger partial charge is 0.508 e. The molecule has 0 unspecified atom stereocenters. The predicted octanol–water partition coefficient (Wildman–Crippen LogP) is 3.78. The lowest BCUT2D eigenvalue weighted by Gasteiger charge is -2.11. The van der Waals surface area contributed by atoms with Gasteiger partial charge in [0, 0.05) is 22.1 Å². The molecule has 0 aliphatic heterocycles. The first kappa shape index (κ1) is 12.5. The van der Waals surface area contributed by atoms with Crippen LogP contribution in [0.2, 0.25) is 0 Å². The van der Waals surface area contributed by atoms with Crippen molar-refractivity contribution in [2.75, 3.05) is 0 Å². The van der Waals surface area contributed by atoms with Crippen LogP contribution in [0.25, 0.3) is 22.1 Å². The molecule has 0 spiro atoms. The van der Waals surface area contributed by atoms with Crippen molar-refractivity contribution in [3.8, 4) is 16.9 Å². The molecule has 0 radical (unpaired) electrons. The molecule has 1 heterocycles. The molecule has 0 fully saturated rings. The lowest BCUT2D eigenvalue weighted by molar-refractivity contribution is 0.468. The standard InChI is InChI=1S/C17H14O3/c1-10-14(18)9-8-13-15(12-6-4-3-5-7-12)11(2)17(19)20-16(10)13/h3-9,18H,1-2H3. The van der Waals surface area contributed by atoms with E-state index in [2.05, 4.69) is 0 Å². The fourth-order valence-corrected chi connectivity index (χ4v) is 2.46. The van der Waals surface area contributed by atoms with Gasteiger partial charge < -0.3 is 9.52 Å². The molecule has 3 aromatic rings. The number of fused-ring (bicyclic) bond motifs is 1. The zero-order valence-corrected chi connectivity index (χ0v) is 11.3. The van der Waals surface area contributed by atoms with Crippen molar-refractivity contribution < 1.29 is 9.52 Å². The lowest BCUT2D eigenvalue weighted by atomic mass is 9.96. The average Bonchev–Trinajstić information content (AvgIpc) is 2.46. The van der Waals surface area contributed by atoms with Gasteiger partial charge in [-0.15, -0.1) is 0 Å². The summed E-state index contributed by atoms with van der Waals surface area (Å²) in [6, 6.07) is 13.1. The summed E-state index contributed by atoms with van der Waals surface area (Å²) in [5, 5.41) is 10.6. The van der Waals surface area contributed by atoms with Crippen molar-refractivity contribution in [3.05, 3.63) is 64.0 Å². The molecule has 1 aromatic heterocycles. The van der Waals surface area contributed by atoms with Crippen LogP contribution in [0.15, 0.2) is 51.7 Å². The van der Waals surface area contributed by atoms with E-state index in [-0.39, 0.29) is 11.4 Å². The van der Waals surface area contributed by atoms with Gasteiger partial charge in [-0.1, -0.05) is 30.3 Å². The van der Waals surface area contributed by atoms with Crippen molar-refractivity contribution in [2.45, 2.75) is 13.8 Å². The number of aromatic hydroxyl groups is 1. The molecule has 0 saturated heterocycles. The summed E-state index contributed by atoms with van der Waals surface area (Å²) in [6.45, 7) is 3.50. The third kappa shape index (κ3) is 1.79. The van der Waals surface area contributed by atoms with Crippen LogP contribution in [0.1, 0.15) is 11.1 Å². The Labute approximate surface area is 116 Å². The molecule has 0 saturated carbocycles. The molecule has 0 atom stereocenters. The fraction of sp³-hybridized carbons (Fsp3) is 0.118. The summed E-state index contributed by atoms with van der Waals surface area (Å²) in [7, 11) is 0. The molecule has 0 aliphatic rings. The van der Waals surface area contributed by atoms with E-state index in [1.54, 1.807) is 26.0 Å². The Morgan fingerprint density at radius 2 is 1.65 bits per heavy atom. The van der Waals surface area contributed by atoms with E-state index in [1.165, 1.54) is 0 Å². The van der Waals surface area contributed by atoms with E-state index in [0.29, 0.717) is 16.7 Å². The van der Waals surface area contributed by atoms with Crippen molar-refractivity contribution in [2.24, 2.45) is 0 Å². The maximum atomic E-state index is 12.0. The minimum Gasteiger partial charge on any atom is -0.508 e. The van der Waals surface area contributed by atoms with Gasteiger partial charge in [0.1, 0.15) is 11.3 Å². The van der Waals surface area contributed by atoms with E-state index >= 15 is 0 Å². The van der Waals surface area contributed by atoms with Crippen LogP contribution >= 0.6 is 0 Å². The number of phenolic OH excluding ortho intramolecular Hbond substituents is 1. The van der Waals surface area contributed by atoms with Gasteiger partial charge in [0.05, 0.1) is 0 Å². The lowest BCUT2D eigenvalue weighted by Crippen LogP contribution is -2.06. The van der Waals surface area contributed by atoms with Crippen LogP contribution < -0.4 is 5.63 Å². The topological polar surface area (TPSA) is 50.4 Å². The summed E-state index contributed by atoms with van der Waals surface area (Å²) >= 11 is 0. The summed E-state index contributed by atoms with van der Waals surface area (Å²) in [6.07, 6.45) is 0. The van der Waals surface area contributed by atoms with Crippen molar-refractivity contribution in [3.63, 3.8) is 0 Å². The minimum absolute atomic E-state index is 0.128. The zero-order valence-electron chi connectivity index (χ0n) is 11.3. The van der Waals surface area contributed by atoms with Crippen molar-refractivity contribution in [1.82, 2.24) is 0 Å². The number of phenols is 1. The van der Waals surface area contributed by atoms with Gasteiger partial charge in [-0.25, -0.2) is 4.79 Å². The fourth-order valence-electron chi connectivity index (χ4n) is 2.46. The SMILES string of the molecule is Cc1c(-c2ccccc2)c2ccc(O)c(C)c2oc1=O. The molecule has 2 aromatic carbocycles. The Balaban J connectivity index is 2.51. The third-order valence-corrected chi connectivity index (χ3v) is 3.59. The third-order valence-electron chi connectivity index (χ3n) is 3.59. The molecule has 0 amide bonds. The molecule has 0 aliphatic carbocycles. The van der Waals surface area contributed by atoms with Crippen molar-refractivity contribution in [1.29, 1.82) is 0 Å². The van der Waals surface area contributed by atoms with E-state index in [4.69, 9.17) is 4.42 Å². The van der Waals surface area contributed by atoms with Crippen LogP contribution in [0.4, 0.5) is 0 Å². The normalized spacial score (nSPS) is 10.9. The minimum atomic E-state index is -0.370. The second kappa shape index (κ2) is 4.53. The first-order chi connectivity index (χ1) is 9.59. The maximum absolute atomic E-state index is 12.0. The molecule has 20 heavy (non-hydrogen) atoms. The van der Waals surface area contributed by atoms with Gasteiger partial charge in [-0.05, 0) is 31.5 Å². The second-order valence-corrected chi connectivity index (χ2v) is 4.84. The van der Waals surface area contributed by atoms with Crippen LogP contribution in [0.3, 0.4) is 0 Å². The van der Waals surface area contributed by atoms with Crippen LogP contribution in [0.5, 0.6) is 5.75 Å². The number of hydrogen-bond donors (Lipinski definition) is 1.